The molecule has 0 aliphatic heterocycles. The van der Waals surface area contributed by atoms with E-state index in [0.717, 1.165) is 12.5 Å². The number of urea groups is 1. The Labute approximate surface area is 109 Å². The quantitative estimate of drug-likeness (QED) is 0.603. The molecule has 1 atom stereocenters. The third-order valence-electron chi connectivity index (χ3n) is 2.33. The molecule has 0 spiro atoms. The molecule has 0 aromatic carbocycles. The molecule has 0 radical (unpaired) electrons. The summed E-state index contributed by atoms with van der Waals surface area (Å²) in [7, 11) is 0. The molecule has 0 aliphatic rings. The minimum absolute atomic E-state index is 0.341. The highest BCUT2D eigenvalue weighted by atomic mass is 32.1. The molecule has 100 valence electrons. The number of aliphatic hydroxyl groups is 1. The van der Waals surface area contributed by atoms with Gasteiger partial charge in [-0.3, -0.25) is 0 Å². The third kappa shape index (κ3) is 4.72. The Morgan fingerprint density at radius 3 is 2.72 bits per heavy atom. The highest BCUT2D eigenvalue weighted by Crippen LogP contribution is 2.05. The number of aliphatic carboxylic acids is 1. The van der Waals surface area contributed by atoms with Crippen LogP contribution in [0.3, 0.4) is 0 Å². The van der Waals surface area contributed by atoms with Gasteiger partial charge in [-0.15, -0.1) is 0 Å². The van der Waals surface area contributed by atoms with Crippen molar-refractivity contribution < 1.29 is 19.8 Å². The second kappa shape index (κ2) is 6.36. The lowest BCUT2D eigenvalue weighted by Gasteiger charge is -2.18. The molecule has 0 bridgehead atoms. The first-order chi connectivity index (χ1) is 8.42. The van der Waals surface area contributed by atoms with Crippen LogP contribution >= 0.6 is 11.3 Å². The second-order valence-corrected chi connectivity index (χ2v) is 4.85. The van der Waals surface area contributed by atoms with E-state index in [2.05, 4.69) is 10.6 Å². The van der Waals surface area contributed by atoms with Crippen molar-refractivity contribution in [2.75, 3.05) is 13.1 Å². The molecule has 1 unspecified atom stereocenters. The van der Waals surface area contributed by atoms with Crippen LogP contribution in [0.15, 0.2) is 16.8 Å². The van der Waals surface area contributed by atoms with Crippen molar-refractivity contribution in [1.29, 1.82) is 0 Å². The van der Waals surface area contributed by atoms with E-state index in [4.69, 9.17) is 5.11 Å². The number of amides is 2. The lowest BCUT2D eigenvalue weighted by atomic mass is 10.1. The molecule has 0 fully saturated rings. The van der Waals surface area contributed by atoms with Crippen LogP contribution < -0.4 is 10.6 Å². The number of hydrogen-bond donors (Lipinski definition) is 4. The number of nitrogens with one attached hydrogen (secondary N) is 2. The molecule has 0 aliphatic carbocycles. The van der Waals surface area contributed by atoms with Gasteiger partial charge in [-0.25, -0.2) is 9.59 Å². The van der Waals surface area contributed by atoms with Crippen LogP contribution in [0.1, 0.15) is 12.5 Å². The van der Waals surface area contributed by atoms with Crippen molar-refractivity contribution in [3.05, 3.63) is 22.4 Å². The lowest BCUT2D eigenvalue weighted by molar-refractivity contribution is -0.155. The minimum Gasteiger partial charge on any atom is -0.479 e. The van der Waals surface area contributed by atoms with E-state index in [1.54, 1.807) is 11.3 Å². The summed E-state index contributed by atoms with van der Waals surface area (Å²) in [6.45, 7) is 1.24. The van der Waals surface area contributed by atoms with Gasteiger partial charge in [-0.1, -0.05) is 0 Å². The van der Waals surface area contributed by atoms with Crippen LogP contribution in [-0.4, -0.2) is 40.9 Å². The molecular formula is C11H16N2O4S. The van der Waals surface area contributed by atoms with Crippen molar-refractivity contribution in [3.63, 3.8) is 0 Å². The zero-order chi connectivity index (χ0) is 13.6. The number of carboxylic acids is 1. The van der Waals surface area contributed by atoms with Crippen LogP contribution in [0.2, 0.25) is 0 Å². The molecule has 0 saturated carbocycles. The van der Waals surface area contributed by atoms with Crippen molar-refractivity contribution in [2.24, 2.45) is 0 Å². The monoisotopic (exact) mass is 272 g/mol. The van der Waals surface area contributed by atoms with Crippen molar-refractivity contribution in [2.45, 2.75) is 18.9 Å². The normalized spacial score (nSPS) is 13.7. The molecule has 1 heterocycles. The van der Waals surface area contributed by atoms with E-state index in [-0.39, 0.29) is 6.54 Å². The Kier molecular flexibility index (Phi) is 5.11. The molecule has 0 saturated heterocycles. The fourth-order valence-corrected chi connectivity index (χ4v) is 1.85. The summed E-state index contributed by atoms with van der Waals surface area (Å²) >= 11 is 1.59. The van der Waals surface area contributed by atoms with Crippen molar-refractivity contribution in [1.82, 2.24) is 10.6 Å². The zero-order valence-corrected chi connectivity index (χ0v) is 10.8. The Hall–Kier alpha value is -1.60. The van der Waals surface area contributed by atoms with E-state index in [1.165, 1.54) is 0 Å². The second-order valence-electron chi connectivity index (χ2n) is 4.07. The van der Waals surface area contributed by atoms with Gasteiger partial charge < -0.3 is 20.8 Å². The smallest absolute Gasteiger partial charge is 0.337 e. The highest BCUT2D eigenvalue weighted by molar-refractivity contribution is 7.07. The van der Waals surface area contributed by atoms with Gasteiger partial charge in [0.05, 0.1) is 6.54 Å². The van der Waals surface area contributed by atoms with E-state index in [9.17, 15) is 14.7 Å². The molecular weight excluding hydrogens is 256 g/mol. The Balaban J connectivity index is 2.20. The first-order valence-corrected chi connectivity index (χ1v) is 6.34. The SMILES string of the molecule is CC(O)(CNC(=O)NCCc1ccsc1)C(=O)O. The molecule has 4 N–H and O–H groups in total. The standard InChI is InChI=1S/C11H16N2O4S/c1-11(17,9(14)15)7-13-10(16)12-4-2-8-3-5-18-6-8/h3,5-6,17H,2,4,7H2,1H3,(H,14,15)(H2,12,13,16). The van der Waals surface area contributed by atoms with E-state index < -0.39 is 17.6 Å². The van der Waals surface area contributed by atoms with Gasteiger partial charge in [0, 0.05) is 6.54 Å². The lowest BCUT2D eigenvalue weighted by Crippen LogP contribution is -2.49. The Morgan fingerprint density at radius 1 is 1.44 bits per heavy atom. The maximum atomic E-state index is 11.3. The summed E-state index contributed by atoms with van der Waals surface area (Å²) < 4.78 is 0. The van der Waals surface area contributed by atoms with Gasteiger partial charge in [-0.2, -0.15) is 11.3 Å². The van der Waals surface area contributed by atoms with E-state index in [0.29, 0.717) is 13.0 Å². The predicted molar refractivity (Wildman–Crippen MR) is 67.7 cm³/mol. The maximum absolute atomic E-state index is 11.3. The number of rotatable bonds is 6. The van der Waals surface area contributed by atoms with E-state index >= 15 is 0 Å². The summed E-state index contributed by atoms with van der Waals surface area (Å²) in [5.74, 6) is -1.37. The number of carboxylic acid groups (broad SMARTS) is 1. The summed E-state index contributed by atoms with van der Waals surface area (Å²) in [6, 6.07) is 1.48. The Morgan fingerprint density at radius 2 is 2.17 bits per heavy atom. The van der Waals surface area contributed by atoms with Crippen molar-refractivity contribution >= 4 is 23.3 Å². The summed E-state index contributed by atoms with van der Waals surface area (Å²) in [5, 5.41) is 26.9. The van der Waals surface area contributed by atoms with Gasteiger partial charge in [0.25, 0.3) is 0 Å². The van der Waals surface area contributed by atoms with Gasteiger partial charge in [0.15, 0.2) is 5.60 Å². The Bertz CT molecular complexity index is 403. The highest BCUT2D eigenvalue weighted by Gasteiger charge is 2.30. The average Bonchev–Trinajstić information content (AvgIpc) is 2.79. The molecule has 1 aromatic rings. The molecule has 6 nitrogen and oxygen atoms in total. The third-order valence-corrected chi connectivity index (χ3v) is 3.07. The summed E-state index contributed by atoms with van der Waals surface area (Å²) in [6.07, 6.45) is 0.715. The molecule has 2 amide bonds. The van der Waals surface area contributed by atoms with Crippen LogP contribution in [-0.2, 0) is 11.2 Å². The van der Waals surface area contributed by atoms with Gasteiger partial charge in [0.2, 0.25) is 0 Å². The first-order valence-electron chi connectivity index (χ1n) is 5.40. The minimum atomic E-state index is -1.95. The molecule has 18 heavy (non-hydrogen) atoms. The van der Waals surface area contributed by atoms with Gasteiger partial charge in [-0.05, 0) is 35.7 Å². The zero-order valence-electron chi connectivity index (χ0n) is 9.97. The topological polar surface area (TPSA) is 98.7 Å². The molecule has 1 rings (SSSR count). The van der Waals surface area contributed by atoms with Crippen LogP contribution in [0.25, 0.3) is 0 Å². The summed E-state index contributed by atoms with van der Waals surface area (Å²) in [5.41, 5.74) is -0.817. The van der Waals surface area contributed by atoms with Gasteiger partial charge >= 0.3 is 12.0 Å². The molecule has 7 heteroatoms. The number of thiophene rings is 1. The maximum Gasteiger partial charge on any atom is 0.337 e. The summed E-state index contributed by atoms with van der Waals surface area (Å²) in [4.78, 5) is 21.9. The first kappa shape index (κ1) is 14.5. The average molecular weight is 272 g/mol. The number of hydrogen-bond acceptors (Lipinski definition) is 4. The van der Waals surface area contributed by atoms with E-state index in [1.807, 2.05) is 16.8 Å². The predicted octanol–water partition coefficient (Wildman–Crippen LogP) is 0.425. The van der Waals surface area contributed by atoms with Crippen LogP contribution in [0.4, 0.5) is 4.79 Å². The van der Waals surface area contributed by atoms with Crippen molar-refractivity contribution in [3.8, 4) is 0 Å². The fraction of sp³-hybridized carbons (Fsp3) is 0.455. The van der Waals surface area contributed by atoms with Crippen LogP contribution in [0, 0.1) is 0 Å². The van der Waals surface area contributed by atoms with Crippen LogP contribution in [0.5, 0.6) is 0 Å². The molecule has 1 aromatic heterocycles. The number of carbonyl (C=O) groups excluding carboxylic acids is 1. The van der Waals surface area contributed by atoms with Gasteiger partial charge in [0.1, 0.15) is 0 Å². The fourth-order valence-electron chi connectivity index (χ4n) is 1.15. The number of carbonyl (C=O) groups is 2. The largest absolute Gasteiger partial charge is 0.479 e.